The molecule has 1 N–H and O–H groups in total. The van der Waals surface area contributed by atoms with Crippen molar-refractivity contribution in [3.05, 3.63) is 70.3 Å². The second-order valence-electron chi connectivity index (χ2n) is 6.46. The van der Waals surface area contributed by atoms with Crippen LogP contribution in [0.3, 0.4) is 0 Å². The first-order chi connectivity index (χ1) is 13.2. The van der Waals surface area contributed by atoms with Gasteiger partial charge in [-0.3, -0.25) is 14.4 Å². The molecule has 0 bridgehead atoms. The highest BCUT2D eigenvalue weighted by Crippen LogP contribution is 2.38. The SMILES string of the molecule is O=C(CC1(O)C(=O)c2ccccc2C1=O)c1cc(C(F)(F)F)cc(C(F)(F)F)c1. The molecular weight excluding hydrogens is 406 g/mol. The minimum absolute atomic E-state index is 0.160. The number of Topliss-reactive ketones (excluding diaryl/α,β-unsaturated/α-hetero) is 3. The van der Waals surface area contributed by atoms with Gasteiger partial charge in [0.25, 0.3) is 0 Å². The molecule has 0 unspecified atom stereocenters. The van der Waals surface area contributed by atoms with Crippen molar-refractivity contribution in [1.29, 1.82) is 0 Å². The van der Waals surface area contributed by atoms with Gasteiger partial charge in [0.2, 0.25) is 11.6 Å². The van der Waals surface area contributed by atoms with Gasteiger partial charge in [-0.1, -0.05) is 24.3 Å². The highest BCUT2D eigenvalue weighted by atomic mass is 19.4. The minimum Gasteiger partial charge on any atom is -0.374 e. The summed E-state index contributed by atoms with van der Waals surface area (Å²) >= 11 is 0. The van der Waals surface area contributed by atoms with Gasteiger partial charge in [0, 0.05) is 16.7 Å². The summed E-state index contributed by atoms with van der Waals surface area (Å²) in [6.45, 7) is 0. The fraction of sp³-hybridized carbons (Fsp3) is 0.211. The van der Waals surface area contributed by atoms with E-state index in [2.05, 4.69) is 0 Å². The molecular formula is C19H10F6O4. The first-order valence-electron chi connectivity index (χ1n) is 7.99. The van der Waals surface area contributed by atoms with E-state index in [0.29, 0.717) is 0 Å². The number of benzene rings is 2. The number of ketones is 3. The largest absolute Gasteiger partial charge is 0.416 e. The molecule has 0 spiro atoms. The van der Waals surface area contributed by atoms with E-state index < -0.39 is 58.4 Å². The summed E-state index contributed by atoms with van der Waals surface area (Å²) in [5.74, 6) is -3.71. The molecule has 0 radical (unpaired) electrons. The minimum atomic E-state index is -5.18. The Labute approximate surface area is 158 Å². The number of fused-ring (bicyclic) bond motifs is 1. The summed E-state index contributed by atoms with van der Waals surface area (Å²) in [5.41, 5.74) is -7.75. The lowest BCUT2D eigenvalue weighted by Gasteiger charge is -2.19. The standard InChI is InChI=1S/C19H10F6O4/c20-18(21,22)10-5-9(6-11(7-10)19(23,24)25)14(26)8-17(29)15(27)12-3-1-2-4-13(12)16(17)28/h1-7,29H,8H2. The smallest absolute Gasteiger partial charge is 0.374 e. The fourth-order valence-corrected chi connectivity index (χ4v) is 3.04. The Balaban J connectivity index is 2.02. The van der Waals surface area contributed by atoms with E-state index in [0.717, 1.165) is 0 Å². The fourth-order valence-electron chi connectivity index (χ4n) is 3.04. The molecule has 3 rings (SSSR count). The van der Waals surface area contributed by atoms with Gasteiger partial charge in [-0.15, -0.1) is 0 Å². The molecule has 0 atom stereocenters. The zero-order valence-electron chi connectivity index (χ0n) is 14.2. The maximum Gasteiger partial charge on any atom is 0.416 e. The van der Waals surface area contributed by atoms with Gasteiger partial charge in [-0.2, -0.15) is 26.3 Å². The van der Waals surface area contributed by atoms with E-state index in [1.165, 1.54) is 24.3 Å². The van der Waals surface area contributed by atoms with Crippen molar-refractivity contribution >= 4 is 17.3 Å². The molecule has 0 saturated carbocycles. The molecule has 0 fully saturated rings. The molecule has 0 amide bonds. The van der Waals surface area contributed by atoms with Crippen molar-refractivity contribution in [3.63, 3.8) is 0 Å². The average molecular weight is 416 g/mol. The lowest BCUT2D eigenvalue weighted by molar-refractivity contribution is -0.143. The molecule has 1 aliphatic rings. The zero-order chi connectivity index (χ0) is 21.8. The second kappa shape index (κ2) is 6.51. The van der Waals surface area contributed by atoms with Crippen molar-refractivity contribution in [2.75, 3.05) is 0 Å². The maximum atomic E-state index is 12.9. The van der Waals surface area contributed by atoms with Gasteiger partial charge in [-0.25, -0.2) is 0 Å². The van der Waals surface area contributed by atoms with Crippen molar-refractivity contribution in [2.45, 2.75) is 24.4 Å². The number of aliphatic hydroxyl groups is 1. The van der Waals surface area contributed by atoms with Gasteiger partial charge >= 0.3 is 12.4 Å². The van der Waals surface area contributed by atoms with Crippen molar-refractivity contribution in [1.82, 2.24) is 0 Å². The third kappa shape index (κ3) is 3.55. The zero-order valence-corrected chi connectivity index (χ0v) is 14.2. The van der Waals surface area contributed by atoms with Crippen LogP contribution in [0.1, 0.15) is 48.6 Å². The molecule has 0 saturated heterocycles. The lowest BCUT2D eigenvalue weighted by atomic mass is 9.88. The van der Waals surface area contributed by atoms with Crippen molar-refractivity contribution < 1.29 is 45.8 Å². The Morgan fingerprint density at radius 3 is 1.62 bits per heavy atom. The van der Waals surface area contributed by atoms with Crippen LogP contribution >= 0.6 is 0 Å². The summed E-state index contributed by atoms with van der Waals surface area (Å²) < 4.78 is 77.7. The molecule has 1 aliphatic carbocycles. The third-order valence-corrected chi connectivity index (χ3v) is 4.49. The molecule has 4 nitrogen and oxygen atoms in total. The van der Waals surface area contributed by atoms with Crippen molar-refractivity contribution in [3.8, 4) is 0 Å². The summed E-state index contributed by atoms with van der Waals surface area (Å²) in [4.78, 5) is 37.1. The molecule has 29 heavy (non-hydrogen) atoms. The van der Waals surface area contributed by atoms with Crippen LogP contribution in [0.25, 0.3) is 0 Å². The number of rotatable bonds is 3. The molecule has 0 aliphatic heterocycles. The van der Waals surface area contributed by atoms with Gasteiger partial charge in [0.1, 0.15) is 0 Å². The number of alkyl halides is 6. The Morgan fingerprint density at radius 1 is 0.828 bits per heavy atom. The predicted octanol–water partition coefficient (Wildman–Crippen LogP) is 4.11. The Hall–Kier alpha value is -3.01. The van der Waals surface area contributed by atoms with Crippen molar-refractivity contribution in [2.24, 2.45) is 0 Å². The summed E-state index contributed by atoms with van der Waals surface area (Å²) in [6, 6.07) is 5.40. The van der Waals surface area contributed by atoms with Gasteiger partial charge < -0.3 is 5.11 Å². The normalized spacial score (nSPS) is 16.1. The Bertz CT molecular complexity index is 968. The van der Waals surface area contributed by atoms with Gasteiger partial charge in [0.05, 0.1) is 17.5 Å². The molecule has 0 aromatic heterocycles. The van der Waals surface area contributed by atoms with E-state index in [1.807, 2.05) is 0 Å². The van der Waals surface area contributed by atoms with Crippen LogP contribution in [0.4, 0.5) is 26.3 Å². The van der Waals surface area contributed by atoms with Gasteiger partial charge in [0.15, 0.2) is 11.4 Å². The van der Waals surface area contributed by atoms with Crippen LogP contribution in [-0.4, -0.2) is 28.1 Å². The summed E-state index contributed by atoms with van der Waals surface area (Å²) in [5, 5.41) is 10.5. The topological polar surface area (TPSA) is 71.4 Å². The van der Waals surface area contributed by atoms with Crippen LogP contribution < -0.4 is 0 Å². The summed E-state index contributed by atoms with van der Waals surface area (Å²) in [7, 11) is 0. The van der Waals surface area contributed by atoms with Crippen LogP contribution in [0.5, 0.6) is 0 Å². The Kier molecular flexibility index (Phi) is 4.65. The van der Waals surface area contributed by atoms with E-state index in [1.54, 1.807) is 0 Å². The van der Waals surface area contributed by atoms with Gasteiger partial charge in [-0.05, 0) is 18.2 Å². The highest BCUT2D eigenvalue weighted by Gasteiger charge is 2.53. The van der Waals surface area contributed by atoms with E-state index in [9.17, 15) is 45.8 Å². The average Bonchev–Trinajstić information content (AvgIpc) is 2.82. The number of carbonyl (C=O) groups excluding carboxylic acids is 3. The first kappa shape index (κ1) is 20.7. The first-order valence-corrected chi connectivity index (χ1v) is 7.99. The third-order valence-electron chi connectivity index (χ3n) is 4.49. The van der Waals surface area contributed by atoms with E-state index in [4.69, 9.17) is 0 Å². The predicted molar refractivity (Wildman–Crippen MR) is 85.4 cm³/mol. The molecule has 152 valence electrons. The summed E-state index contributed by atoms with van der Waals surface area (Å²) in [6.07, 6.45) is -11.6. The van der Waals surface area contributed by atoms with Crippen LogP contribution in [0.2, 0.25) is 0 Å². The Morgan fingerprint density at radius 2 is 1.24 bits per heavy atom. The van der Waals surface area contributed by atoms with Crippen LogP contribution in [0, 0.1) is 0 Å². The lowest BCUT2D eigenvalue weighted by Crippen LogP contribution is -2.43. The number of hydrogen-bond acceptors (Lipinski definition) is 4. The maximum absolute atomic E-state index is 12.9. The highest BCUT2D eigenvalue weighted by molar-refractivity contribution is 6.33. The molecule has 2 aromatic carbocycles. The van der Waals surface area contributed by atoms with E-state index in [-0.39, 0.29) is 29.3 Å². The van der Waals surface area contributed by atoms with E-state index >= 15 is 0 Å². The molecule has 2 aromatic rings. The number of halogens is 6. The number of carbonyl (C=O) groups is 3. The number of hydrogen-bond donors (Lipinski definition) is 1. The molecule has 0 heterocycles. The van der Waals surface area contributed by atoms with Crippen LogP contribution in [0.15, 0.2) is 42.5 Å². The second-order valence-corrected chi connectivity index (χ2v) is 6.46. The molecule has 10 heteroatoms. The van der Waals surface area contributed by atoms with Crippen LogP contribution in [-0.2, 0) is 12.4 Å². The quantitative estimate of drug-likeness (QED) is 0.465. The monoisotopic (exact) mass is 416 g/mol.